The molecule has 0 radical (unpaired) electrons. The van der Waals surface area contributed by atoms with Crippen LogP contribution in [0.1, 0.15) is 12.0 Å². The standard InChI is InChI=1S/C12H17FN2O/c13-12-10(3-1-4-11(12)14)9-15-5-2-7-16-8-6-15/h1,3-4H,2,5-9,14H2. The third-order valence-electron chi connectivity index (χ3n) is 2.82. The maximum absolute atomic E-state index is 13.7. The van der Waals surface area contributed by atoms with E-state index in [1.54, 1.807) is 18.2 Å². The molecule has 1 fully saturated rings. The second-order valence-electron chi connectivity index (χ2n) is 4.06. The largest absolute Gasteiger partial charge is 0.396 e. The van der Waals surface area contributed by atoms with Crippen LogP contribution in [0.25, 0.3) is 0 Å². The van der Waals surface area contributed by atoms with Gasteiger partial charge in [-0.15, -0.1) is 0 Å². The van der Waals surface area contributed by atoms with Crippen molar-refractivity contribution in [3.05, 3.63) is 29.6 Å². The van der Waals surface area contributed by atoms with Gasteiger partial charge in [0.1, 0.15) is 0 Å². The molecule has 1 aromatic rings. The molecular formula is C12H17FN2O. The van der Waals surface area contributed by atoms with E-state index < -0.39 is 0 Å². The summed E-state index contributed by atoms with van der Waals surface area (Å²) in [6.07, 6.45) is 1.00. The molecule has 88 valence electrons. The predicted molar refractivity (Wildman–Crippen MR) is 61.5 cm³/mol. The summed E-state index contributed by atoms with van der Waals surface area (Å²) in [6, 6.07) is 5.17. The predicted octanol–water partition coefficient (Wildman–Crippen LogP) is 1.63. The summed E-state index contributed by atoms with van der Waals surface area (Å²) in [5.41, 5.74) is 6.43. The van der Waals surface area contributed by atoms with Crippen molar-refractivity contribution < 1.29 is 9.13 Å². The summed E-state index contributed by atoms with van der Waals surface area (Å²) in [6.45, 7) is 3.95. The van der Waals surface area contributed by atoms with Gasteiger partial charge in [0.25, 0.3) is 0 Å². The fourth-order valence-corrected chi connectivity index (χ4v) is 1.92. The Morgan fingerprint density at radius 2 is 2.19 bits per heavy atom. The fourth-order valence-electron chi connectivity index (χ4n) is 1.92. The summed E-state index contributed by atoms with van der Waals surface area (Å²) in [4.78, 5) is 2.20. The number of anilines is 1. The van der Waals surface area contributed by atoms with Gasteiger partial charge in [-0.25, -0.2) is 4.39 Å². The molecule has 0 aliphatic carbocycles. The summed E-state index contributed by atoms with van der Waals surface area (Å²) < 4.78 is 19.0. The van der Waals surface area contributed by atoms with E-state index in [4.69, 9.17) is 10.5 Å². The summed E-state index contributed by atoms with van der Waals surface area (Å²) in [5, 5.41) is 0. The first kappa shape index (κ1) is 11.4. The quantitative estimate of drug-likeness (QED) is 0.776. The smallest absolute Gasteiger partial charge is 0.150 e. The topological polar surface area (TPSA) is 38.5 Å². The molecule has 1 aromatic carbocycles. The maximum atomic E-state index is 13.7. The highest BCUT2D eigenvalue weighted by molar-refractivity contribution is 5.42. The van der Waals surface area contributed by atoms with Crippen molar-refractivity contribution >= 4 is 5.69 Å². The van der Waals surface area contributed by atoms with Crippen LogP contribution in [-0.4, -0.2) is 31.2 Å². The molecule has 2 rings (SSSR count). The Kier molecular flexibility index (Phi) is 3.74. The van der Waals surface area contributed by atoms with Gasteiger partial charge in [-0.1, -0.05) is 12.1 Å². The Morgan fingerprint density at radius 3 is 3.06 bits per heavy atom. The number of hydrogen-bond acceptors (Lipinski definition) is 3. The lowest BCUT2D eigenvalue weighted by atomic mass is 10.1. The second kappa shape index (κ2) is 5.27. The summed E-state index contributed by atoms with van der Waals surface area (Å²) >= 11 is 0. The van der Waals surface area contributed by atoms with Crippen LogP contribution in [0.2, 0.25) is 0 Å². The van der Waals surface area contributed by atoms with Crippen LogP contribution < -0.4 is 5.73 Å². The first-order valence-electron chi connectivity index (χ1n) is 5.60. The van der Waals surface area contributed by atoms with Crippen LogP contribution in [0.15, 0.2) is 18.2 Å². The van der Waals surface area contributed by atoms with Gasteiger partial charge in [0.2, 0.25) is 0 Å². The number of hydrogen-bond donors (Lipinski definition) is 1. The van der Waals surface area contributed by atoms with Gasteiger partial charge < -0.3 is 10.5 Å². The first-order chi connectivity index (χ1) is 7.77. The van der Waals surface area contributed by atoms with E-state index in [0.717, 1.165) is 32.7 Å². The zero-order valence-electron chi connectivity index (χ0n) is 9.29. The van der Waals surface area contributed by atoms with Gasteiger partial charge in [0, 0.05) is 31.8 Å². The molecule has 0 atom stereocenters. The van der Waals surface area contributed by atoms with Crippen molar-refractivity contribution in [3.8, 4) is 0 Å². The van der Waals surface area contributed by atoms with Crippen molar-refractivity contribution in [2.45, 2.75) is 13.0 Å². The minimum atomic E-state index is -0.285. The third-order valence-corrected chi connectivity index (χ3v) is 2.82. The molecule has 16 heavy (non-hydrogen) atoms. The van der Waals surface area contributed by atoms with E-state index in [1.165, 1.54) is 0 Å². The number of nitrogens with zero attached hydrogens (tertiary/aromatic N) is 1. The lowest BCUT2D eigenvalue weighted by Crippen LogP contribution is -2.26. The van der Waals surface area contributed by atoms with Crippen molar-refractivity contribution in [1.82, 2.24) is 4.90 Å². The van der Waals surface area contributed by atoms with Crippen LogP contribution in [0, 0.1) is 5.82 Å². The van der Waals surface area contributed by atoms with Gasteiger partial charge in [-0.05, 0) is 12.5 Å². The zero-order valence-corrected chi connectivity index (χ0v) is 9.29. The molecule has 4 heteroatoms. The van der Waals surface area contributed by atoms with E-state index >= 15 is 0 Å². The Morgan fingerprint density at radius 1 is 1.31 bits per heavy atom. The van der Waals surface area contributed by atoms with Crippen molar-refractivity contribution in [1.29, 1.82) is 0 Å². The average Bonchev–Trinajstić information content (AvgIpc) is 2.53. The van der Waals surface area contributed by atoms with E-state index in [0.29, 0.717) is 12.1 Å². The minimum absolute atomic E-state index is 0.226. The third kappa shape index (κ3) is 2.71. The van der Waals surface area contributed by atoms with Gasteiger partial charge in [-0.2, -0.15) is 0 Å². The number of nitrogen functional groups attached to an aromatic ring is 1. The Bertz CT molecular complexity index is 349. The Hall–Kier alpha value is -1.13. The first-order valence-corrected chi connectivity index (χ1v) is 5.60. The van der Waals surface area contributed by atoms with Crippen molar-refractivity contribution in [3.63, 3.8) is 0 Å². The molecule has 0 bridgehead atoms. The molecule has 2 N–H and O–H groups in total. The number of rotatable bonds is 2. The lowest BCUT2D eigenvalue weighted by molar-refractivity contribution is 0.140. The van der Waals surface area contributed by atoms with E-state index in [2.05, 4.69) is 4.90 Å². The van der Waals surface area contributed by atoms with Crippen LogP contribution in [0.5, 0.6) is 0 Å². The molecule has 1 aliphatic rings. The fraction of sp³-hybridized carbons (Fsp3) is 0.500. The SMILES string of the molecule is Nc1cccc(CN2CCCOCC2)c1F. The van der Waals surface area contributed by atoms with E-state index in [-0.39, 0.29) is 11.5 Å². The molecular weight excluding hydrogens is 207 g/mol. The van der Waals surface area contributed by atoms with Gasteiger partial charge in [0.15, 0.2) is 5.82 Å². The maximum Gasteiger partial charge on any atom is 0.150 e. The monoisotopic (exact) mass is 224 g/mol. The molecule has 1 aliphatic heterocycles. The minimum Gasteiger partial charge on any atom is -0.396 e. The summed E-state index contributed by atoms with van der Waals surface area (Å²) in [7, 11) is 0. The average molecular weight is 224 g/mol. The second-order valence-corrected chi connectivity index (χ2v) is 4.06. The van der Waals surface area contributed by atoms with Crippen molar-refractivity contribution in [2.75, 3.05) is 32.0 Å². The molecule has 0 aromatic heterocycles. The molecule has 0 saturated carbocycles. The van der Waals surface area contributed by atoms with Gasteiger partial charge in [-0.3, -0.25) is 4.90 Å². The molecule has 0 amide bonds. The number of halogens is 1. The Balaban J connectivity index is 2.04. The highest BCUT2D eigenvalue weighted by atomic mass is 19.1. The highest BCUT2D eigenvalue weighted by Gasteiger charge is 2.12. The molecule has 1 heterocycles. The van der Waals surface area contributed by atoms with Gasteiger partial charge >= 0.3 is 0 Å². The summed E-state index contributed by atoms with van der Waals surface area (Å²) in [5.74, 6) is -0.285. The molecule has 1 saturated heterocycles. The lowest BCUT2D eigenvalue weighted by Gasteiger charge is -2.19. The van der Waals surface area contributed by atoms with Crippen molar-refractivity contribution in [2.24, 2.45) is 0 Å². The van der Waals surface area contributed by atoms with Gasteiger partial charge in [0.05, 0.1) is 12.3 Å². The van der Waals surface area contributed by atoms with E-state index in [1.807, 2.05) is 0 Å². The molecule has 0 spiro atoms. The van der Waals surface area contributed by atoms with Crippen LogP contribution in [0.3, 0.4) is 0 Å². The highest BCUT2D eigenvalue weighted by Crippen LogP contribution is 2.17. The normalized spacial score (nSPS) is 18.3. The van der Waals surface area contributed by atoms with E-state index in [9.17, 15) is 4.39 Å². The number of benzene rings is 1. The van der Waals surface area contributed by atoms with Crippen LogP contribution in [0.4, 0.5) is 10.1 Å². The molecule has 3 nitrogen and oxygen atoms in total. The van der Waals surface area contributed by atoms with Crippen LogP contribution >= 0.6 is 0 Å². The van der Waals surface area contributed by atoms with Crippen LogP contribution in [-0.2, 0) is 11.3 Å². The number of ether oxygens (including phenoxy) is 1. The zero-order chi connectivity index (χ0) is 11.4. The number of nitrogens with two attached hydrogens (primary N) is 1. The molecule has 0 unspecified atom stereocenters. The Labute approximate surface area is 95.0 Å².